The maximum absolute atomic E-state index is 16.4. The highest BCUT2D eigenvalue weighted by Crippen LogP contribution is 2.45. The van der Waals surface area contributed by atoms with E-state index in [-0.39, 0.29) is 68.5 Å². The van der Waals surface area contributed by atoms with Gasteiger partial charge in [0.05, 0.1) is 33.7 Å². The molecule has 11 nitrogen and oxygen atoms in total. The molecule has 6 rings (SSSR count). The van der Waals surface area contributed by atoms with Crippen LogP contribution in [-0.2, 0) is 16.0 Å². The van der Waals surface area contributed by atoms with Crippen LogP contribution in [0.1, 0.15) is 63.9 Å². The van der Waals surface area contributed by atoms with Crippen molar-refractivity contribution in [2.75, 3.05) is 25.0 Å². The van der Waals surface area contributed by atoms with Crippen molar-refractivity contribution in [3.05, 3.63) is 47.3 Å². The van der Waals surface area contributed by atoms with Crippen molar-refractivity contribution in [1.82, 2.24) is 19.4 Å². The number of hydrogen-bond donors (Lipinski definition) is 1. The van der Waals surface area contributed by atoms with Gasteiger partial charge in [0.1, 0.15) is 39.4 Å². The largest absolute Gasteiger partial charge is 0.444 e. The third kappa shape index (κ3) is 5.95. The highest BCUT2D eigenvalue weighted by atomic mass is 32.1. The van der Waals surface area contributed by atoms with Crippen molar-refractivity contribution in [2.45, 2.75) is 71.8 Å². The standard InChI is InChI=1S/C33H34F2N6O5S/c1-32(2,3)45-30(43)38-28-20(14-36)23-18(7-8-21(34)27(23)47-28)24-22(35)13-19-26-25(24)37-16-40(26)10-9-17-15-39(11-12-41(17)29(19)42)31(44)46-33(4,5)6/h7-8,13,16-17H,9-12,15H2,1-6H3,(H,38,43)/t17-/m0/s1. The zero-order chi connectivity index (χ0) is 34.0. The fourth-order valence-electron chi connectivity index (χ4n) is 6.09. The fourth-order valence-corrected chi connectivity index (χ4v) is 7.16. The molecule has 0 saturated carbocycles. The Kier molecular flexibility index (Phi) is 7.86. The minimum atomic E-state index is -0.822. The molecule has 2 aromatic heterocycles. The molecule has 1 atom stereocenters. The van der Waals surface area contributed by atoms with Crippen LogP contribution < -0.4 is 5.32 Å². The van der Waals surface area contributed by atoms with E-state index in [1.165, 1.54) is 18.5 Å². The Bertz CT molecular complexity index is 2000. The van der Waals surface area contributed by atoms with E-state index in [0.717, 1.165) is 17.4 Å². The van der Waals surface area contributed by atoms with Gasteiger partial charge in [0.15, 0.2) is 0 Å². The molecular formula is C33H34F2N6O5S. The maximum atomic E-state index is 16.4. The molecule has 2 aliphatic rings. The van der Waals surface area contributed by atoms with Crippen LogP contribution in [0.4, 0.5) is 23.4 Å². The van der Waals surface area contributed by atoms with Gasteiger partial charge in [-0.3, -0.25) is 10.1 Å². The third-order valence-electron chi connectivity index (χ3n) is 7.95. The summed E-state index contributed by atoms with van der Waals surface area (Å²) in [6.45, 7) is 11.6. The van der Waals surface area contributed by atoms with E-state index in [1.54, 1.807) is 55.9 Å². The van der Waals surface area contributed by atoms with E-state index >= 15 is 8.78 Å². The van der Waals surface area contributed by atoms with Gasteiger partial charge < -0.3 is 23.8 Å². The first-order chi connectivity index (χ1) is 22.1. The number of piperazine rings is 1. The summed E-state index contributed by atoms with van der Waals surface area (Å²) in [5, 5.41) is 12.9. The van der Waals surface area contributed by atoms with Crippen molar-refractivity contribution in [3.63, 3.8) is 0 Å². The second-order valence-electron chi connectivity index (χ2n) is 13.6. The van der Waals surface area contributed by atoms with E-state index in [4.69, 9.17) is 9.47 Å². The van der Waals surface area contributed by atoms with Gasteiger partial charge in [-0.05, 0) is 65.7 Å². The molecule has 14 heteroatoms. The number of thiophene rings is 1. The van der Waals surface area contributed by atoms with Crippen molar-refractivity contribution in [1.29, 1.82) is 5.26 Å². The number of ether oxygens (including phenoxy) is 2. The summed E-state index contributed by atoms with van der Waals surface area (Å²) < 4.78 is 44.2. The molecule has 4 aromatic rings. The number of benzene rings is 2. The summed E-state index contributed by atoms with van der Waals surface area (Å²) >= 11 is 0.842. The van der Waals surface area contributed by atoms with Crippen molar-refractivity contribution < 1.29 is 32.6 Å². The first-order valence-corrected chi connectivity index (χ1v) is 16.0. The van der Waals surface area contributed by atoms with Crippen LogP contribution in [0.3, 0.4) is 0 Å². The number of amides is 3. The van der Waals surface area contributed by atoms with E-state index in [0.29, 0.717) is 18.5 Å². The zero-order valence-electron chi connectivity index (χ0n) is 26.9. The lowest BCUT2D eigenvalue weighted by Crippen LogP contribution is -2.57. The molecule has 1 N–H and O–H groups in total. The fraction of sp³-hybridized carbons (Fsp3) is 0.424. The first-order valence-electron chi connectivity index (χ1n) is 15.2. The van der Waals surface area contributed by atoms with Gasteiger partial charge in [0.25, 0.3) is 5.91 Å². The van der Waals surface area contributed by atoms with Crippen LogP contribution in [-0.4, -0.2) is 74.3 Å². The van der Waals surface area contributed by atoms with Crippen molar-refractivity contribution in [3.8, 4) is 17.2 Å². The molecule has 47 heavy (non-hydrogen) atoms. The van der Waals surface area contributed by atoms with E-state index in [2.05, 4.69) is 10.3 Å². The first kappa shape index (κ1) is 32.2. The number of nitrogens with zero attached hydrogens (tertiary/aromatic N) is 5. The molecule has 2 aliphatic heterocycles. The molecule has 0 radical (unpaired) electrons. The molecule has 1 fully saturated rings. The van der Waals surface area contributed by atoms with Crippen LogP contribution in [0.15, 0.2) is 24.5 Å². The SMILES string of the molecule is CC(C)(C)OC(=O)Nc1sc2c(F)ccc(-c3c(F)cc4c5c3ncn5CC[C@H]3CN(C(=O)OC(C)(C)C)CCN3C4=O)c2c1C#N. The lowest BCUT2D eigenvalue weighted by molar-refractivity contribution is 0.00285. The van der Waals surface area contributed by atoms with Gasteiger partial charge in [0.2, 0.25) is 0 Å². The Morgan fingerprint density at radius 1 is 1.04 bits per heavy atom. The Hall–Kier alpha value is -4.77. The number of nitrogens with one attached hydrogen (secondary N) is 1. The minimum absolute atomic E-state index is 0.00489. The number of aryl methyl sites for hydroxylation is 1. The molecular weight excluding hydrogens is 630 g/mol. The van der Waals surface area contributed by atoms with Gasteiger partial charge in [-0.15, -0.1) is 11.3 Å². The molecule has 3 amide bonds. The van der Waals surface area contributed by atoms with Gasteiger partial charge >= 0.3 is 12.2 Å². The summed E-state index contributed by atoms with van der Waals surface area (Å²) in [6, 6.07) is 5.42. The molecule has 1 saturated heterocycles. The Morgan fingerprint density at radius 2 is 1.77 bits per heavy atom. The summed E-state index contributed by atoms with van der Waals surface area (Å²) in [6.07, 6.45) is 0.765. The number of carbonyl (C=O) groups is 3. The Labute approximate surface area is 273 Å². The predicted molar refractivity (Wildman–Crippen MR) is 172 cm³/mol. The van der Waals surface area contributed by atoms with Crippen molar-refractivity contribution >= 4 is 55.6 Å². The second-order valence-corrected chi connectivity index (χ2v) is 14.6. The van der Waals surface area contributed by atoms with Crippen LogP contribution >= 0.6 is 11.3 Å². The molecule has 2 aromatic carbocycles. The summed E-state index contributed by atoms with van der Waals surface area (Å²) in [5.74, 6) is -1.82. The summed E-state index contributed by atoms with van der Waals surface area (Å²) in [7, 11) is 0. The third-order valence-corrected chi connectivity index (χ3v) is 9.07. The lowest BCUT2D eigenvalue weighted by atomic mass is 9.94. The maximum Gasteiger partial charge on any atom is 0.412 e. The number of carbonyl (C=O) groups excluding carboxylic acids is 3. The number of fused-ring (bicyclic) bond motifs is 2. The number of imidazole rings is 1. The number of aromatic nitrogens is 2. The topological polar surface area (TPSA) is 130 Å². The molecule has 0 spiro atoms. The molecule has 0 bridgehead atoms. The number of hydrogen-bond acceptors (Lipinski definition) is 8. The molecule has 246 valence electrons. The minimum Gasteiger partial charge on any atom is -0.444 e. The van der Waals surface area contributed by atoms with Gasteiger partial charge in [-0.1, -0.05) is 6.07 Å². The number of rotatable bonds is 2. The monoisotopic (exact) mass is 664 g/mol. The van der Waals surface area contributed by atoms with E-state index < -0.39 is 40.9 Å². The number of halogens is 2. The van der Waals surface area contributed by atoms with Gasteiger partial charge in [0, 0.05) is 37.1 Å². The average Bonchev–Trinajstić information content (AvgIpc) is 3.55. The normalized spacial score (nSPS) is 16.8. The summed E-state index contributed by atoms with van der Waals surface area (Å²) in [5.41, 5.74) is -0.614. The molecule has 4 heterocycles. The zero-order valence-corrected chi connectivity index (χ0v) is 27.7. The van der Waals surface area contributed by atoms with Crippen LogP contribution in [0, 0.1) is 23.0 Å². The Morgan fingerprint density at radius 3 is 2.45 bits per heavy atom. The van der Waals surface area contributed by atoms with Crippen LogP contribution in [0.2, 0.25) is 0 Å². The lowest BCUT2D eigenvalue weighted by Gasteiger charge is -2.42. The van der Waals surface area contributed by atoms with E-state index in [1.807, 2.05) is 6.07 Å². The van der Waals surface area contributed by atoms with Crippen molar-refractivity contribution in [2.24, 2.45) is 0 Å². The highest BCUT2D eigenvalue weighted by molar-refractivity contribution is 7.23. The average molecular weight is 665 g/mol. The number of nitriles is 1. The highest BCUT2D eigenvalue weighted by Gasteiger charge is 2.38. The predicted octanol–water partition coefficient (Wildman–Crippen LogP) is 6.88. The summed E-state index contributed by atoms with van der Waals surface area (Å²) in [4.78, 5) is 47.2. The number of anilines is 1. The van der Waals surface area contributed by atoms with Crippen LogP contribution in [0.25, 0.3) is 32.2 Å². The molecule has 0 unspecified atom stereocenters. The second kappa shape index (κ2) is 11.5. The Balaban J connectivity index is 1.42. The smallest absolute Gasteiger partial charge is 0.412 e. The molecule has 0 aliphatic carbocycles. The quantitative estimate of drug-likeness (QED) is 0.247. The van der Waals surface area contributed by atoms with E-state index in [9.17, 15) is 19.6 Å². The van der Waals surface area contributed by atoms with Gasteiger partial charge in [-0.25, -0.2) is 23.4 Å². The van der Waals surface area contributed by atoms with Crippen LogP contribution in [0.5, 0.6) is 0 Å². The van der Waals surface area contributed by atoms with Gasteiger partial charge in [-0.2, -0.15) is 5.26 Å².